The van der Waals surface area contributed by atoms with Crippen LogP contribution in [0.25, 0.3) is 10.8 Å². The summed E-state index contributed by atoms with van der Waals surface area (Å²) in [6.07, 6.45) is 0.772. The molecule has 0 bridgehead atoms. The van der Waals surface area contributed by atoms with E-state index in [1.807, 2.05) is 42.5 Å². The second-order valence-corrected chi connectivity index (χ2v) is 6.46. The number of hydrogen-bond donors (Lipinski definition) is 1. The van der Waals surface area contributed by atoms with E-state index in [1.165, 1.54) is 27.5 Å². The van der Waals surface area contributed by atoms with Crippen LogP contribution < -0.4 is 24.4 Å². The van der Waals surface area contributed by atoms with Crippen molar-refractivity contribution in [2.45, 2.75) is 13.0 Å². The van der Waals surface area contributed by atoms with E-state index < -0.39 is 6.10 Å². The van der Waals surface area contributed by atoms with Crippen molar-refractivity contribution in [2.75, 3.05) is 21.3 Å². The zero-order chi connectivity index (χ0) is 21.5. The second-order valence-electron chi connectivity index (χ2n) is 6.46. The van der Waals surface area contributed by atoms with Crippen LogP contribution in [0.3, 0.4) is 0 Å². The Labute approximate surface area is 175 Å². The summed E-state index contributed by atoms with van der Waals surface area (Å²) in [7, 11) is 4.60. The molecule has 1 unspecified atom stereocenters. The van der Waals surface area contributed by atoms with Crippen LogP contribution in [0.1, 0.15) is 12.5 Å². The largest absolute Gasteiger partial charge is 0.493 e. The lowest BCUT2D eigenvalue weighted by atomic mass is 10.1. The highest BCUT2D eigenvalue weighted by Gasteiger charge is 2.15. The van der Waals surface area contributed by atoms with Crippen LogP contribution in [0.4, 0.5) is 0 Å². The molecule has 0 aliphatic carbocycles. The van der Waals surface area contributed by atoms with Gasteiger partial charge in [-0.2, -0.15) is 5.10 Å². The van der Waals surface area contributed by atoms with E-state index in [1.54, 1.807) is 19.1 Å². The fourth-order valence-corrected chi connectivity index (χ4v) is 2.94. The van der Waals surface area contributed by atoms with Gasteiger partial charge in [0.05, 0.1) is 27.5 Å². The van der Waals surface area contributed by atoms with Gasteiger partial charge in [0.1, 0.15) is 5.75 Å². The molecule has 1 N–H and O–H groups in total. The number of rotatable bonds is 8. The van der Waals surface area contributed by atoms with Crippen molar-refractivity contribution in [3.8, 4) is 23.0 Å². The second kappa shape index (κ2) is 9.65. The molecule has 0 heterocycles. The van der Waals surface area contributed by atoms with Crippen LogP contribution in [0, 0.1) is 0 Å². The zero-order valence-corrected chi connectivity index (χ0v) is 17.3. The maximum absolute atomic E-state index is 12.3. The molecule has 0 aromatic heterocycles. The molecule has 0 fully saturated rings. The minimum absolute atomic E-state index is 0.369. The molecule has 0 spiro atoms. The standard InChI is InChI=1S/C23H24N2O5/c1-15(30-19-10-9-17-7-5-6-8-18(17)13-19)23(26)25-24-14-16-11-20(27-2)22(29-4)21(12-16)28-3/h5-15H,1-4H3,(H,25,26)/b24-14+. The Bertz CT molecular complexity index is 1040. The van der Waals surface area contributed by atoms with Crippen LogP contribution in [0.5, 0.6) is 23.0 Å². The SMILES string of the molecule is COc1cc(/C=N/NC(=O)C(C)Oc2ccc3ccccc3c2)cc(OC)c1OC. The summed E-state index contributed by atoms with van der Waals surface area (Å²) in [5.74, 6) is 1.73. The van der Waals surface area contributed by atoms with E-state index in [9.17, 15) is 4.79 Å². The molecular formula is C23H24N2O5. The number of nitrogens with zero attached hydrogens (tertiary/aromatic N) is 1. The number of amides is 1. The average Bonchev–Trinajstić information content (AvgIpc) is 2.78. The molecule has 30 heavy (non-hydrogen) atoms. The van der Waals surface area contributed by atoms with Crippen LogP contribution in [-0.4, -0.2) is 39.6 Å². The molecule has 0 radical (unpaired) electrons. The van der Waals surface area contributed by atoms with E-state index >= 15 is 0 Å². The van der Waals surface area contributed by atoms with Crippen LogP contribution >= 0.6 is 0 Å². The summed E-state index contributed by atoms with van der Waals surface area (Å²) in [4.78, 5) is 12.3. The van der Waals surface area contributed by atoms with Crippen molar-refractivity contribution in [2.24, 2.45) is 5.10 Å². The molecular weight excluding hydrogens is 384 g/mol. The summed E-state index contributed by atoms with van der Waals surface area (Å²) in [5.41, 5.74) is 3.16. The van der Waals surface area contributed by atoms with E-state index in [-0.39, 0.29) is 5.91 Å². The first-order chi connectivity index (χ1) is 14.5. The summed E-state index contributed by atoms with van der Waals surface area (Å²) in [5, 5.41) is 6.16. The number of benzene rings is 3. The van der Waals surface area contributed by atoms with Gasteiger partial charge in [0, 0.05) is 5.56 Å². The first-order valence-electron chi connectivity index (χ1n) is 9.34. The monoisotopic (exact) mass is 408 g/mol. The first kappa shape index (κ1) is 21.0. The van der Waals surface area contributed by atoms with Gasteiger partial charge in [-0.1, -0.05) is 30.3 Å². The minimum Gasteiger partial charge on any atom is -0.493 e. The number of carbonyl (C=O) groups excluding carboxylic acids is 1. The van der Waals surface area contributed by atoms with Crippen molar-refractivity contribution in [3.05, 3.63) is 60.2 Å². The third kappa shape index (κ3) is 4.81. The Morgan fingerprint density at radius 3 is 2.23 bits per heavy atom. The van der Waals surface area contributed by atoms with E-state index in [2.05, 4.69) is 10.5 Å². The van der Waals surface area contributed by atoms with Gasteiger partial charge in [0.15, 0.2) is 17.6 Å². The lowest BCUT2D eigenvalue weighted by Gasteiger charge is -2.14. The zero-order valence-electron chi connectivity index (χ0n) is 17.3. The third-order valence-corrected chi connectivity index (χ3v) is 4.48. The topological polar surface area (TPSA) is 78.4 Å². The highest BCUT2D eigenvalue weighted by atomic mass is 16.5. The van der Waals surface area contributed by atoms with Gasteiger partial charge in [0.25, 0.3) is 5.91 Å². The fourth-order valence-electron chi connectivity index (χ4n) is 2.94. The minimum atomic E-state index is -0.719. The molecule has 3 aromatic rings. The Balaban J connectivity index is 1.64. The molecule has 0 saturated heterocycles. The van der Waals surface area contributed by atoms with Gasteiger partial charge in [-0.3, -0.25) is 4.79 Å². The summed E-state index contributed by atoms with van der Waals surface area (Å²) in [6.45, 7) is 1.67. The van der Waals surface area contributed by atoms with Gasteiger partial charge in [0.2, 0.25) is 5.75 Å². The summed E-state index contributed by atoms with van der Waals surface area (Å²) in [6, 6.07) is 17.1. The molecule has 0 aliphatic heterocycles. The van der Waals surface area contributed by atoms with E-state index in [4.69, 9.17) is 18.9 Å². The third-order valence-electron chi connectivity index (χ3n) is 4.48. The van der Waals surface area contributed by atoms with Crippen molar-refractivity contribution < 1.29 is 23.7 Å². The van der Waals surface area contributed by atoms with Crippen molar-refractivity contribution >= 4 is 22.9 Å². The quantitative estimate of drug-likeness (QED) is 0.453. The maximum Gasteiger partial charge on any atom is 0.280 e. The normalized spacial score (nSPS) is 11.9. The lowest BCUT2D eigenvalue weighted by Crippen LogP contribution is -2.33. The molecule has 0 aliphatic rings. The van der Waals surface area contributed by atoms with Gasteiger partial charge in [-0.25, -0.2) is 5.43 Å². The summed E-state index contributed by atoms with van der Waals surface area (Å²) < 4.78 is 21.7. The molecule has 1 atom stereocenters. The van der Waals surface area contributed by atoms with Crippen molar-refractivity contribution in [1.29, 1.82) is 0 Å². The highest BCUT2D eigenvalue weighted by Crippen LogP contribution is 2.37. The van der Waals surface area contributed by atoms with Crippen LogP contribution in [0.2, 0.25) is 0 Å². The Hall–Kier alpha value is -3.74. The van der Waals surface area contributed by atoms with E-state index in [0.29, 0.717) is 28.6 Å². The molecule has 0 saturated carbocycles. The molecule has 1 amide bonds. The Kier molecular flexibility index (Phi) is 6.75. The van der Waals surface area contributed by atoms with Crippen molar-refractivity contribution in [1.82, 2.24) is 5.43 Å². The Morgan fingerprint density at radius 1 is 0.933 bits per heavy atom. The number of hydrazone groups is 1. The number of ether oxygens (including phenoxy) is 4. The predicted molar refractivity (Wildman–Crippen MR) is 116 cm³/mol. The van der Waals surface area contributed by atoms with Crippen LogP contribution in [-0.2, 0) is 4.79 Å². The smallest absolute Gasteiger partial charge is 0.280 e. The average molecular weight is 408 g/mol. The maximum atomic E-state index is 12.3. The van der Waals surface area contributed by atoms with Gasteiger partial charge in [-0.05, 0) is 42.0 Å². The predicted octanol–water partition coefficient (Wildman–Crippen LogP) is 3.78. The van der Waals surface area contributed by atoms with Gasteiger partial charge < -0.3 is 18.9 Å². The Morgan fingerprint density at radius 2 is 1.60 bits per heavy atom. The summed E-state index contributed by atoms with van der Waals surface area (Å²) >= 11 is 0. The molecule has 3 aromatic carbocycles. The number of fused-ring (bicyclic) bond motifs is 1. The molecule has 7 heteroatoms. The van der Waals surface area contributed by atoms with Gasteiger partial charge >= 0.3 is 0 Å². The fraction of sp³-hybridized carbons (Fsp3) is 0.217. The van der Waals surface area contributed by atoms with E-state index in [0.717, 1.165) is 10.8 Å². The number of hydrogen-bond acceptors (Lipinski definition) is 6. The number of methoxy groups -OCH3 is 3. The lowest BCUT2D eigenvalue weighted by molar-refractivity contribution is -0.127. The van der Waals surface area contributed by atoms with Crippen LogP contribution in [0.15, 0.2) is 59.7 Å². The molecule has 7 nitrogen and oxygen atoms in total. The van der Waals surface area contributed by atoms with Crippen molar-refractivity contribution in [3.63, 3.8) is 0 Å². The number of nitrogens with one attached hydrogen (secondary N) is 1. The first-order valence-corrected chi connectivity index (χ1v) is 9.34. The molecule has 156 valence electrons. The molecule has 3 rings (SSSR count). The highest BCUT2D eigenvalue weighted by molar-refractivity contribution is 5.86. The van der Waals surface area contributed by atoms with Gasteiger partial charge in [-0.15, -0.1) is 0 Å². The number of carbonyl (C=O) groups is 1.